The van der Waals surface area contributed by atoms with E-state index in [4.69, 9.17) is 22.2 Å². The van der Waals surface area contributed by atoms with Crippen LogP contribution in [0.15, 0.2) is 64.6 Å². The minimum absolute atomic E-state index is 0.0739. The number of guanidine groups is 1. The maximum Gasteiger partial charge on any atom is 0.209 e. The average molecular weight is 350 g/mol. The Labute approximate surface area is 149 Å². The van der Waals surface area contributed by atoms with Crippen molar-refractivity contribution in [2.45, 2.75) is 6.04 Å². The average Bonchev–Trinajstić information content (AvgIpc) is 3.11. The number of rotatable bonds is 1. The van der Waals surface area contributed by atoms with Gasteiger partial charge in [-0.1, -0.05) is 60.7 Å². The minimum Gasteiger partial charge on any atom is -0.295 e. The molecule has 3 heterocycles. The van der Waals surface area contributed by atoms with Crippen molar-refractivity contribution < 1.29 is 0 Å². The third-order valence-corrected chi connectivity index (χ3v) is 5.80. The van der Waals surface area contributed by atoms with Crippen molar-refractivity contribution >= 4 is 45.1 Å². The molecule has 0 saturated carbocycles. The van der Waals surface area contributed by atoms with Crippen LogP contribution in [0.3, 0.4) is 0 Å². The summed E-state index contributed by atoms with van der Waals surface area (Å²) in [6.45, 7) is 1.64. The van der Waals surface area contributed by atoms with Crippen molar-refractivity contribution in [1.82, 2.24) is 9.80 Å². The van der Waals surface area contributed by atoms with Gasteiger partial charge in [0.25, 0.3) is 0 Å². The van der Waals surface area contributed by atoms with Crippen LogP contribution in [0, 0.1) is 0 Å². The molecule has 4 nitrogen and oxygen atoms in total. The number of nitrogens with zero attached hydrogens (tertiary/aromatic N) is 4. The lowest BCUT2D eigenvalue weighted by Gasteiger charge is -2.43. The second kappa shape index (κ2) is 5.43. The molecule has 2 aromatic carbocycles. The molecule has 0 spiro atoms. The zero-order valence-corrected chi connectivity index (χ0v) is 14.4. The van der Waals surface area contributed by atoms with Crippen LogP contribution in [0.25, 0.3) is 0 Å². The number of para-hydroxylation sites is 1. The Morgan fingerprint density at radius 1 is 1.04 bits per heavy atom. The van der Waals surface area contributed by atoms with E-state index in [9.17, 15) is 0 Å². The van der Waals surface area contributed by atoms with Gasteiger partial charge in [0, 0.05) is 12.1 Å². The van der Waals surface area contributed by atoms with Crippen LogP contribution in [0.4, 0.5) is 5.69 Å². The van der Waals surface area contributed by atoms with Gasteiger partial charge in [-0.2, -0.15) is 0 Å². The third-order valence-electron chi connectivity index (χ3n) is 4.46. The lowest BCUT2D eigenvalue weighted by atomic mass is 9.95. The first kappa shape index (κ1) is 14.2. The standard InChI is InChI=1S/C18H14N4S2/c23-18-21-11-10-19-16(21)22-15(12-6-2-1-3-7-12)13-8-4-5-9-14(13)20-17(22)24-18/h1-9,15H,10-11H2. The number of thiocarbonyl (C=S) groups is 1. The molecule has 0 aliphatic carbocycles. The molecular formula is C18H14N4S2. The van der Waals surface area contributed by atoms with Crippen LogP contribution in [-0.4, -0.2) is 38.3 Å². The first-order chi connectivity index (χ1) is 11.8. The summed E-state index contributed by atoms with van der Waals surface area (Å²) in [7, 11) is 0. The van der Waals surface area contributed by atoms with Crippen LogP contribution >= 0.6 is 24.0 Å². The number of hydrogen-bond acceptors (Lipinski definition) is 5. The second-order valence-electron chi connectivity index (χ2n) is 5.84. The van der Waals surface area contributed by atoms with Gasteiger partial charge in [-0.15, -0.1) is 0 Å². The molecular weight excluding hydrogens is 336 g/mol. The van der Waals surface area contributed by atoms with Crippen molar-refractivity contribution in [3.05, 3.63) is 65.7 Å². The Morgan fingerprint density at radius 3 is 2.71 bits per heavy atom. The molecule has 1 atom stereocenters. The first-order valence-corrected chi connectivity index (χ1v) is 9.11. The third kappa shape index (κ3) is 2.03. The molecule has 2 aromatic rings. The van der Waals surface area contributed by atoms with Crippen molar-refractivity contribution in [2.75, 3.05) is 13.1 Å². The van der Waals surface area contributed by atoms with Gasteiger partial charge < -0.3 is 0 Å². The molecule has 6 heteroatoms. The largest absolute Gasteiger partial charge is 0.295 e. The maximum atomic E-state index is 5.57. The number of aliphatic imine (C=N–C) groups is 2. The van der Waals surface area contributed by atoms with Crippen LogP contribution < -0.4 is 0 Å². The first-order valence-electron chi connectivity index (χ1n) is 7.88. The molecule has 0 radical (unpaired) electrons. The summed E-state index contributed by atoms with van der Waals surface area (Å²) in [6, 6.07) is 19.0. The number of benzene rings is 2. The molecule has 0 aromatic heterocycles. The molecule has 118 valence electrons. The Morgan fingerprint density at radius 2 is 1.83 bits per heavy atom. The predicted octanol–water partition coefficient (Wildman–Crippen LogP) is 3.78. The molecule has 0 N–H and O–H groups in total. The smallest absolute Gasteiger partial charge is 0.209 e. The van der Waals surface area contributed by atoms with E-state index in [0.29, 0.717) is 0 Å². The Kier molecular flexibility index (Phi) is 3.21. The van der Waals surface area contributed by atoms with E-state index in [0.717, 1.165) is 34.2 Å². The highest BCUT2D eigenvalue weighted by Gasteiger charge is 2.43. The highest BCUT2D eigenvalue weighted by Crippen LogP contribution is 2.44. The van der Waals surface area contributed by atoms with E-state index in [-0.39, 0.29) is 6.04 Å². The number of hydrogen-bond donors (Lipinski definition) is 0. The topological polar surface area (TPSA) is 31.2 Å². The van der Waals surface area contributed by atoms with E-state index in [1.807, 2.05) is 12.1 Å². The Balaban J connectivity index is 1.74. The molecule has 3 aliphatic heterocycles. The van der Waals surface area contributed by atoms with Crippen LogP contribution in [0.2, 0.25) is 0 Å². The highest BCUT2D eigenvalue weighted by atomic mass is 32.2. The summed E-state index contributed by atoms with van der Waals surface area (Å²) in [4.78, 5) is 14.0. The van der Waals surface area contributed by atoms with E-state index >= 15 is 0 Å². The van der Waals surface area contributed by atoms with Crippen molar-refractivity contribution in [3.8, 4) is 0 Å². The van der Waals surface area contributed by atoms with Crippen LogP contribution in [0.5, 0.6) is 0 Å². The Hall–Kier alpha value is -2.18. The van der Waals surface area contributed by atoms with Crippen LogP contribution in [-0.2, 0) is 0 Å². The molecule has 3 aliphatic rings. The number of fused-ring (bicyclic) bond motifs is 4. The summed E-state index contributed by atoms with van der Waals surface area (Å²) in [5, 5.41) is 0.921. The summed E-state index contributed by atoms with van der Waals surface area (Å²) >= 11 is 7.13. The number of thioether (sulfide) groups is 1. The van der Waals surface area contributed by atoms with E-state index in [1.165, 1.54) is 11.1 Å². The summed E-state index contributed by atoms with van der Waals surface area (Å²) < 4.78 is 0.840. The number of amidine groups is 1. The van der Waals surface area contributed by atoms with Crippen molar-refractivity contribution in [2.24, 2.45) is 9.98 Å². The molecule has 1 fully saturated rings. The van der Waals surface area contributed by atoms with E-state index in [1.54, 1.807) is 11.8 Å². The zero-order chi connectivity index (χ0) is 16.1. The normalized spacial score (nSPS) is 21.7. The monoisotopic (exact) mass is 350 g/mol. The van der Waals surface area contributed by atoms with Gasteiger partial charge in [0.05, 0.1) is 18.3 Å². The zero-order valence-electron chi connectivity index (χ0n) is 12.8. The molecule has 5 rings (SSSR count). The fourth-order valence-corrected chi connectivity index (χ4v) is 4.68. The maximum absolute atomic E-state index is 5.57. The molecule has 24 heavy (non-hydrogen) atoms. The lowest BCUT2D eigenvalue weighted by Crippen LogP contribution is -2.53. The fraction of sp³-hybridized carbons (Fsp3) is 0.167. The molecule has 0 amide bonds. The highest BCUT2D eigenvalue weighted by molar-refractivity contribution is 8.33. The second-order valence-corrected chi connectivity index (χ2v) is 7.44. The summed E-state index contributed by atoms with van der Waals surface area (Å²) in [5.74, 6) is 0.931. The van der Waals surface area contributed by atoms with E-state index in [2.05, 4.69) is 52.3 Å². The van der Waals surface area contributed by atoms with Crippen molar-refractivity contribution in [3.63, 3.8) is 0 Å². The molecule has 1 unspecified atom stereocenters. The summed E-state index contributed by atoms with van der Waals surface area (Å²) in [5.41, 5.74) is 3.45. The molecule has 0 bridgehead atoms. The quantitative estimate of drug-likeness (QED) is 0.733. The van der Waals surface area contributed by atoms with Gasteiger partial charge in [-0.25, -0.2) is 4.99 Å². The minimum atomic E-state index is 0.0739. The Bertz CT molecular complexity index is 891. The lowest BCUT2D eigenvalue weighted by molar-refractivity contribution is 0.465. The van der Waals surface area contributed by atoms with Gasteiger partial charge in [-0.05, 0) is 23.4 Å². The SMILES string of the molecule is S=C1SC2=Nc3ccccc3C(c3ccccc3)N2C2=NCCN12. The van der Waals surface area contributed by atoms with Gasteiger partial charge in [-0.3, -0.25) is 14.8 Å². The van der Waals surface area contributed by atoms with Gasteiger partial charge in [0.2, 0.25) is 5.96 Å². The van der Waals surface area contributed by atoms with Gasteiger partial charge >= 0.3 is 0 Å². The van der Waals surface area contributed by atoms with Crippen molar-refractivity contribution in [1.29, 1.82) is 0 Å². The predicted molar refractivity (Wildman–Crippen MR) is 103 cm³/mol. The fourth-order valence-electron chi connectivity index (χ4n) is 3.41. The van der Waals surface area contributed by atoms with E-state index < -0.39 is 0 Å². The summed E-state index contributed by atoms with van der Waals surface area (Å²) in [6.07, 6.45) is 0. The molecule has 1 saturated heterocycles. The van der Waals surface area contributed by atoms with Crippen LogP contribution in [0.1, 0.15) is 17.2 Å². The van der Waals surface area contributed by atoms with Gasteiger partial charge in [0.1, 0.15) is 0 Å². The van der Waals surface area contributed by atoms with Gasteiger partial charge in [0.15, 0.2) is 9.49 Å².